The Labute approximate surface area is 221 Å². The summed E-state index contributed by atoms with van der Waals surface area (Å²) in [5.74, 6) is 1.28. The lowest BCUT2D eigenvalue weighted by molar-refractivity contribution is -0.135. The van der Waals surface area contributed by atoms with Gasteiger partial charge in [-0.2, -0.15) is 0 Å². The molecule has 0 aliphatic heterocycles. The number of hydrogen-bond donors (Lipinski definition) is 1. The van der Waals surface area contributed by atoms with Crippen molar-refractivity contribution in [1.82, 2.24) is 19.8 Å². The van der Waals surface area contributed by atoms with E-state index in [0.29, 0.717) is 25.7 Å². The first-order chi connectivity index (χ1) is 18.0. The number of benzene rings is 2. The average Bonchev–Trinajstić information content (AvgIpc) is 3.27. The quantitative estimate of drug-likeness (QED) is 0.314. The fraction of sp³-hybridized carbons (Fsp3) is 0.516. The van der Waals surface area contributed by atoms with E-state index in [2.05, 4.69) is 45.1 Å². The van der Waals surface area contributed by atoms with Gasteiger partial charge in [-0.1, -0.05) is 82.0 Å². The fourth-order valence-corrected chi connectivity index (χ4v) is 5.31. The van der Waals surface area contributed by atoms with Crippen molar-refractivity contribution in [2.45, 2.75) is 90.8 Å². The summed E-state index contributed by atoms with van der Waals surface area (Å²) in [6, 6.07) is 18.8. The third-order valence-electron chi connectivity index (χ3n) is 7.46. The summed E-state index contributed by atoms with van der Waals surface area (Å²) >= 11 is 0. The van der Waals surface area contributed by atoms with Gasteiger partial charge in [-0.25, -0.2) is 4.98 Å². The zero-order chi connectivity index (χ0) is 26.0. The Morgan fingerprint density at radius 3 is 2.46 bits per heavy atom. The Balaban J connectivity index is 1.45. The number of rotatable bonds is 12. The number of imidazole rings is 1. The van der Waals surface area contributed by atoms with E-state index >= 15 is 0 Å². The van der Waals surface area contributed by atoms with Crippen LogP contribution in [-0.2, 0) is 29.1 Å². The molecule has 1 saturated carbocycles. The van der Waals surface area contributed by atoms with Gasteiger partial charge in [-0.3, -0.25) is 9.59 Å². The summed E-state index contributed by atoms with van der Waals surface area (Å²) in [5.41, 5.74) is 3.15. The van der Waals surface area contributed by atoms with E-state index in [1.165, 1.54) is 24.8 Å². The maximum absolute atomic E-state index is 13.9. The van der Waals surface area contributed by atoms with Gasteiger partial charge < -0.3 is 14.8 Å². The number of nitrogens with one attached hydrogen (secondary N) is 1. The molecule has 1 aliphatic carbocycles. The first-order valence-electron chi connectivity index (χ1n) is 14.1. The Hall–Kier alpha value is -3.15. The molecule has 0 spiro atoms. The summed E-state index contributed by atoms with van der Waals surface area (Å²) in [7, 11) is 0. The van der Waals surface area contributed by atoms with Crippen LogP contribution in [0.3, 0.4) is 0 Å². The molecule has 2 amide bonds. The number of aromatic nitrogens is 2. The van der Waals surface area contributed by atoms with Crippen LogP contribution in [0.15, 0.2) is 54.6 Å². The van der Waals surface area contributed by atoms with Gasteiger partial charge in [0.05, 0.1) is 11.0 Å². The zero-order valence-electron chi connectivity index (χ0n) is 22.5. The predicted molar refractivity (Wildman–Crippen MR) is 149 cm³/mol. The molecule has 1 aromatic heterocycles. The van der Waals surface area contributed by atoms with E-state index in [0.717, 1.165) is 55.4 Å². The van der Waals surface area contributed by atoms with E-state index in [9.17, 15) is 9.59 Å². The molecule has 6 heteroatoms. The third kappa shape index (κ3) is 7.43. The highest BCUT2D eigenvalue weighted by Gasteiger charge is 2.26. The Morgan fingerprint density at radius 2 is 1.70 bits per heavy atom. The van der Waals surface area contributed by atoms with Gasteiger partial charge in [0.25, 0.3) is 0 Å². The van der Waals surface area contributed by atoms with E-state index in [4.69, 9.17) is 4.98 Å². The molecule has 4 rings (SSSR count). The molecule has 0 bridgehead atoms. The average molecular weight is 503 g/mol. The lowest BCUT2D eigenvalue weighted by atomic mass is 9.93. The first-order valence-corrected chi connectivity index (χ1v) is 14.1. The minimum Gasteiger partial charge on any atom is -0.356 e. The van der Waals surface area contributed by atoms with Crippen molar-refractivity contribution in [2.75, 3.05) is 6.54 Å². The minimum atomic E-state index is 0.0208. The van der Waals surface area contributed by atoms with Gasteiger partial charge in [0, 0.05) is 31.5 Å². The number of unbranched alkanes of at least 4 members (excludes halogenated alkanes) is 2. The molecular formula is C31H42N4O2. The smallest absolute Gasteiger partial charge is 0.243 e. The highest BCUT2D eigenvalue weighted by Crippen LogP contribution is 2.26. The van der Waals surface area contributed by atoms with Crippen molar-refractivity contribution in [1.29, 1.82) is 0 Å². The monoisotopic (exact) mass is 502 g/mol. The first kappa shape index (κ1) is 26.9. The number of aryl methyl sites for hydroxylation is 1. The highest BCUT2D eigenvalue weighted by molar-refractivity contribution is 5.81. The normalized spacial score (nSPS) is 14.2. The summed E-state index contributed by atoms with van der Waals surface area (Å²) in [4.78, 5) is 32.7. The van der Waals surface area contributed by atoms with Crippen LogP contribution in [0.4, 0.5) is 0 Å². The molecule has 0 atom stereocenters. The lowest BCUT2D eigenvalue weighted by Gasteiger charge is -2.35. The van der Waals surface area contributed by atoms with Gasteiger partial charge in [-0.15, -0.1) is 0 Å². The summed E-state index contributed by atoms with van der Waals surface area (Å²) in [6.45, 7) is 5.52. The Bertz CT molecular complexity index is 1150. The molecule has 1 aliphatic rings. The molecule has 198 valence electrons. The highest BCUT2D eigenvalue weighted by atomic mass is 16.2. The van der Waals surface area contributed by atoms with Gasteiger partial charge >= 0.3 is 0 Å². The molecule has 1 N–H and O–H groups in total. The Morgan fingerprint density at radius 1 is 0.973 bits per heavy atom. The third-order valence-corrected chi connectivity index (χ3v) is 7.46. The maximum Gasteiger partial charge on any atom is 0.243 e. The van der Waals surface area contributed by atoms with Gasteiger partial charge in [0.1, 0.15) is 12.4 Å². The van der Waals surface area contributed by atoms with Crippen molar-refractivity contribution in [2.24, 2.45) is 5.92 Å². The van der Waals surface area contributed by atoms with Crippen LogP contribution in [0, 0.1) is 5.92 Å². The van der Waals surface area contributed by atoms with E-state index in [1.807, 2.05) is 38.1 Å². The number of fused-ring (bicyclic) bond motifs is 1. The fourth-order valence-electron chi connectivity index (χ4n) is 5.31. The number of hydrogen-bond acceptors (Lipinski definition) is 3. The topological polar surface area (TPSA) is 67.2 Å². The van der Waals surface area contributed by atoms with Crippen molar-refractivity contribution < 1.29 is 9.59 Å². The predicted octanol–water partition coefficient (Wildman–Crippen LogP) is 5.88. The summed E-state index contributed by atoms with van der Waals surface area (Å²) in [5, 5.41) is 2.99. The molecule has 0 radical (unpaired) electrons. The molecular weight excluding hydrogens is 460 g/mol. The summed E-state index contributed by atoms with van der Waals surface area (Å²) < 4.78 is 2.14. The SMILES string of the molecule is CC(C)C(=O)NCCCCCc1nc2ccccc2n1CC(=O)N(Cc1ccccc1)C1CCCCC1. The van der Waals surface area contributed by atoms with Crippen LogP contribution in [-0.4, -0.2) is 38.9 Å². The lowest BCUT2D eigenvalue weighted by Crippen LogP contribution is -2.42. The number of nitrogens with zero attached hydrogens (tertiary/aromatic N) is 3. The maximum atomic E-state index is 13.9. The summed E-state index contributed by atoms with van der Waals surface area (Å²) in [6.07, 6.45) is 9.59. The van der Waals surface area contributed by atoms with Gasteiger partial charge in [-0.05, 0) is 43.4 Å². The van der Waals surface area contributed by atoms with Crippen molar-refractivity contribution in [3.63, 3.8) is 0 Å². The van der Waals surface area contributed by atoms with Crippen molar-refractivity contribution in [3.8, 4) is 0 Å². The molecule has 0 saturated heterocycles. The molecule has 37 heavy (non-hydrogen) atoms. The second-order valence-electron chi connectivity index (χ2n) is 10.7. The number of carbonyl (C=O) groups is 2. The molecule has 1 fully saturated rings. The molecule has 2 aromatic carbocycles. The van der Waals surface area contributed by atoms with Crippen LogP contribution in [0.1, 0.15) is 76.6 Å². The minimum absolute atomic E-state index is 0.0208. The van der Waals surface area contributed by atoms with Crippen molar-refractivity contribution in [3.05, 3.63) is 66.0 Å². The van der Waals surface area contributed by atoms with Crippen LogP contribution < -0.4 is 5.32 Å². The second kappa shape index (κ2) is 13.4. The second-order valence-corrected chi connectivity index (χ2v) is 10.7. The van der Waals surface area contributed by atoms with Crippen LogP contribution >= 0.6 is 0 Å². The Kier molecular flexibility index (Phi) is 9.75. The number of carbonyl (C=O) groups excluding carboxylic acids is 2. The van der Waals surface area contributed by atoms with Crippen LogP contribution in [0.2, 0.25) is 0 Å². The van der Waals surface area contributed by atoms with Crippen LogP contribution in [0.25, 0.3) is 11.0 Å². The molecule has 1 heterocycles. The van der Waals surface area contributed by atoms with Crippen molar-refractivity contribution >= 4 is 22.8 Å². The van der Waals surface area contributed by atoms with E-state index in [-0.39, 0.29) is 17.7 Å². The number of amides is 2. The van der Waals surface area contributed by atoms with Gasteiger partial charge in [0.15, 0.2) is 0 Å². The number of para-hydroxylation sites is 2. The molecule has 6 nitrogen and oxygen atoms in total. The standard InChI is InChI=1S/C31H42N4O2/c1-24(2)31(37)32-21-13-5-10-20-29-33-27-18-11-12-19-28(27)35(29)23-30(36)34(26-16-8-4-9-17-26)22-25-14-6-3-7-15-25/h3,6-7,11-12,14-15,18-19,24,26H,4-5,8-10,13,16-17,20-23H2,1-2H3,(H,32,37). The molecule has 3 aromatic rings. The van der Waals surface area contributed by atoms with Gasteiger partial charge in [0.2, 0.25) is 11.8 Å². The molecule has 0 unspecified atom stereocenters. The van der Waals surface area contributed by atoms with E-state index in [1.54, 1.807) is 0 Å². The largest absolute Gasteiger partial charge is 0.356 e. The van der Waals surface area contributed by atoms with Crippen LogP contribution in [0.5, 0.6) is 0 Å². The van der Waals surface area contributed by atoms with E-state index < -0.39 is 0 Å². The zero-order valence-corrected chi connectivity index (χ0v) is 22.5.